The van der Waals surface area contributed by atoms with Crippen LogP contribution in [-0.2, 0) is 4.79 Å². The number of amides is 1. The third-order valence-electron chi connectivity index (χ3n) is 5.88. The van der Waals surface area contributed by atoms with E-state index >= 15 is 0 Å². The number of anilines is 1. The van der Waals surface area contributed by atoms with E-state index in [1.807, 2.05) is 6.92 Å². The van der Waals surface area contributed by atoms with Gasteiger partial charge < -0.3 is 5.11 Å². The molecule has 1 N–H and O–H groups in total. The van der Waals surface area contributed by atoms with E-state index in [4.69, 9.17) is 4.98 Å². The molecule has 5 rings (SSSR count). The van der Waals surface area contributed by atoms with E-state index in [0.717, 1.165) is 12.8 Å². The molecule has 0 spiro atoms. The lowest BCUT2D eigenvalue weighted by atomic mass is 9.75. The molecule has 28 heavy (non-hydrogen) atoms. The summed E-state index contributed by atoms with van der Waals surface area (Å²) in [7, 11) is 0. The van der Waals surface area contributed by atoms with Gasteiger partial charge in [0.1, 0.15) is 16.7 Å². The van der Waals surface area contributed by atoms with Crippen molar-refractivity contribution in [3.05, 3.63) is 36.9 Å². The van der Waals surface area contributed by atoms with E-state index in [-0.39, 0.29) is 23.5 Å². The van der Waals surface area contributed by atoms with Gasteiger partial charge in [0.2, 0.25) is 5.91 Å². The van der Waals surface area contributed by atoms with Crippen LogP contribution in [0.25, 0.3) is 16.8 Å². The maximum absolute atomic E-state index is 13.4. The fraction of sp³-hybridized carbons (Fsp3) is 0.350. The molecule has 1 saturated carbocycles. The number of hydrogen-bond acceptors (Lipinski definition) is 6. The number of rotatable bonds is 3. The molecule has 1 aliphatic heterocycles. The Bertz CT molecular complexity index is 1150. The summed E-state index contributed by atoms with van der Waals surface area (Å²) in [6.07, 6.45) is 8.16. The Morgan fingerprint density at radius 2 is 2.18 bits per heavy atom. The maximum atomic E-state index is 13.4. The first-order valence-electron chi connectivity index (χ1n) is 9.26. The predicted molar refractivity (Wildman–Crippen MR) is 100 cm³/mol. The van der Waals surface area contributed by atoms with E-state index in [9.17, 15) is 15.2 Å². The summed E-state index contributed by atoms with van der Waals surface area (Å²) >= 11 is 0. The SMILES string of the molecule is C[C@@H]1CN(c2nc(-c3cncc(O)c3)cn3nccc23)C(=O)[C@]1(C#N)C1CC1. The van der Waals surface area contributed by atoms with Gasteiger partial charge in [0, 0.05) is 24.2 Å². The van der Waals surface area contributed by atoms with E-state index < -0.39 is 5.41 Å². The van der Waals surface area contributed by atoms with Crippen LogP contribution in [0.2, 0.25) is 0 Å². The van der Waals surface area contributed by atoms with Crippen molar-refractivity contribution >= 4 is 17.2 Å². The number of fused-ring (bicyclic) bond motifs is 1. The van der Waals surface area contributed by atoms with Crippen LogP contribution in [0.4, 0.5) is 5.82 Å². The Hall–Kier alpha value is -3.47. The molecule has 0 radical (unpaired) electrons. The second kappa shape index (κ2) is 5.76. The van der Waals surface area contributed by atoms with Crippen LogP contribution in [0.3, 0.4) is 0 Å². The molecule has 4 heterocycles. The Morgan fingerprint density at radius 3 is 2.89 bits per heavy atom. The Labute approximate surface area is 161 Å². The fourth-order valence-corrected chi connectivity index (χ4v) is 4.30. The summed E-state index contributed by atoms with van der Waals surface area (Å²) in [5, 5.41) is 24.0. The number of nitrogens with zero attached hydrogens (tertiary/aromatic N) is 6. The minimum atomic E-state index is -0.971. The maximum Gasteiger partial charge on any atom is 0.249 e. The van der Waals surface area contributed by atoms with Crippen LogP contribution in [0, 0.1) is 28.6 Å². The zero-order valence-corrected chi connectivity index (χ0v) is 15.3. The van der Waals surface area contributed by atoms with Crippen LogP contribution in [0.5, 0.6) is 5.75 Å². The van der Waals surface area contributed by atoms with Crippen molar-refractivity contribution in [1.82, 2.24) is 19.6 Å². The highest BCUT2D eigenvalue weighted by Gasteiger charge is 2.61. The van der Waals surface area contributed by atoms with E-state index in [1.165, 1.54) is 6.20 Å². The van der Waals surface area contributed by atoms with Crippen molar-refractivity contribution in [2.75, 3.05) is 11.4 Å². The fourth-order valence-electron chi connectivity index (χ4n) is 4.30. The molecular weight excluding hydrogens is 356 g/mol. The Kier molecular flexibility index (Phi) is 3.43. The van der Waals surface area contributed by atoms with Gasteiger partial charge in [0.25, 0.3) is 0 Å². The van der Waals surface area contributed by atoms with Crippen molar-refractivity contribution in [3.63, 3.8) is 0 Å². The van der Waals surface area contributed by atoms with E-state index in [1.54, 1.807) is 40.1 Å². The summed E-state index contributed by atoms with van der Waals surface area (Å²) in [5.41, 5.74) is 0.881. The molecule has 1 amide bonds. The number of hydrogen-bond donors (Lipinski definition) is 1. The molecule has 0 bridgehead atoms. The average molecular weight is 374 g/mol. The van der Waals surface area contributed by atoms with E-state index in [2.05, 4.69) is 16.2 Å². The number of carbonyl (C=O) groups excluding carboxylic acids is 1. The molecule has 140 valence electrons. The highest BCUT2D eigenvalue weighted by atomic mass is 16.3. The lowest BCUT2D eigenvalue weighted by Crippen LogP contribution is -2.37. The van der Waals surface area contributed by atoms with E-state index in [0.29, 0.717) is 29.1 Å². The standard InChI is InChI=1S/C20H18N6O2/c1-12-9-25(19(28)20(12,11-21)14-2-3-14)18-17-4-5-23-26(17)10-16(24-18)13-6-15(27)8-22-7-13/h4-8,10,12,14,27H,2-3,9H2,1H3/t12-,20+/m1/s1. The second-order valence-corrected chi connectivity index (χ2v) is 7.61. The van der Waals surface area contributed by atoms with Gasteiger partial charge in [-0.2, -0.15) is 10.4 Å². The van der Waals surface area contributed by atoms with Crippen molar-refractivity contribution in [2.45, 2.75) is 19.8 Å². The zero-order valence-electron chi connectivity index (χ0n) is 15.3. The van der Waals surface area contributed by atoms with Crippen LogP contribution < -0.4 is 4.90 Å². The van der Waals surface area contributed by atoms with Gasteiger partial charge in [0.05, 0.1) is 30.4 Å². The summed E-state index contributed by atoms with van der Waals surface area (Å²) in [4.78, 5) is 23.7. The first-order chi connectivity index (χ1) is 13.5. The van der Waals surface area contributed by atoms with Crippen LogP contribution in [0.15, 0.2) is 36.9 Å². The second-order valence-electron chi connectivity index (χ2n) is 7.61. The molecule has 2 atom stereocenters. The number of aromatic nitrogens is 4. The number of nitriles is 1. The third kappa shape index (κ3) is 2.22. The van der Waals surface area contributed by atoms with Crippen LogP contribution in [-0.4, -0.2) is 37.1 Å². The number of aromatic hydroxyl groups is 1. The van der Waals surface area contributed by atoms with Gasteiger partial charge >= 0.3 is 0 Å². The summed E-state index contributed by atoms with van der Waals surface area (Å²) in [5.74, 6) is 0.391. The van der Waals surface area contributed by atoms with Gasteiger partial charge in [-0.3, -0.25) is 14.7 Å². The normalized spacial score (nSPS) is 24.6. The lowest BCUT2D eigenvalue weighted by molar-refractivity contribution is -0.124. The van der Waals surface area contributed by atoms with Gasteiger partial charge in [-0.1, -0.05) is 6.92 Å². The molecule has 3 aromatic heterocycles. The summed E-state index contributed by atoms with van der Waals surface area (Å²) < 4.78 is 1.66. The highest BCUT2D eigenvalue weighted by Crippen LogP contribution is 2.54. The monoisotopic (exact) mass is 374 g/mol. The summed E-state index contributed by atoms with van der Waals surface area (Å²) in [6, 6.07) is 5.71. The van der Waals surface area contributed by atoms with Gasteiger partial charge in [0.15, 0.2) is 5.82 Å². The van der Waals surface area contributed by atoms with Crippen LogP contribution >= 0.6 is 0 Å². The minimum absolute atomic E-state index is 0.0320. The van der Waals surface area contributed by atoms with Crippen LogP contribution in [0.1, 0.15) is 19.8 Å². The zero-order chi connectivity index (χ0) is 19.5. The minimum Gasteiger partial charge on any atom is -0.506 e. The van der Waals surface area contributed by atoms with Crippen molar-refractivity contribution in [3.8, 4) is 23.1 Å². The highest BCUT2D eigenvalue weighted by molar-refractivity contribution is 6.04. The topological polar surface area (TPSA) is 107 Å². The molecule has 0 aromatic carbocycles. The molecule has 8 heteroatoms. The average Bonchev–Trinajstić information content (AvgIpc) is 3.36. The smallest absolute Gasteiger partial charge is 0.249 e. The Morgan fingerprint density at radius 1 is 1.36 bits per heavy atom. The quantitative estimate of drug-likeness (QED) is 0.754. The lowest BCUT2D eigenvalue weighted by Gasteiger charge is -2.23. The Balaban J connectivity index is 1.66. The van der Waals surface area contributed by atoms with Gasteiger partial charge in [-0.15, -0.1) is 0 Å². The van der Waals surface area contributed by atoms with Crippen molar-refractivity contribution < 1.29 is 9.90 Å². The molecule has 2 aliphatic rings. The molecular formula is C20H18N6O2. The number of pyridine rings is 1. The van der Waals surface area contributed by atoms with Gasteiger partial charge in [-0.25, -0.2) is 9.50 Å². The first-order valence-corrected chi connectivity index (χ1v) is 9.26. The largest absolute Gasteiger partial charge is 0.506 e. The molecule has 1 saturated heterocycles. The first kappa shape index (κ1) is 16.7. The molecule has 1 aliphatic carbocycles. The molecule has 0 unspecified atom stereocenters. The van der Waals surface area contributed by atoms with Crippen molar-refractivity contribution in [1.29, 1.82) is 5.26 Å². The number of carbonyl (C=O) groups is 1. The molecule has 8 nitrogen and oxygen atoms in total. The third-order valence-corrected chi connectivity index (χ3v) is 5.88. The molecule has 2 fully saturated rings. The van der Waals surface area contributed by atoms with Crippen molar-refractivity contribution in [2.24, 2.45) is 17.3 Å². The molecule has 3 aromatic rings. The van der Waals surface area contributed by atoms with Gasteiger partial charge in [-0.05, 0) is 30.9 Å². The summed E-state index contributed by atoms with van der Waals surface area (Å²) in [6.45, 7) is 2.41. The predicted octanol–water partition coefficient (Wildman–Crippen LogP) is 2.40.